The Kier molecular flexibility index (Phi) is 5.76. The summed E-state index contributed by atoms with van der Waals surface area (Å²) >= 11 is 0. The van der Waals surface area contributed by atoms with E-state index >= 15 is 0 Å². The van der Waals surface area contributed by atoms with Crippen molar-refractivity contribution in [3.8, 4) is 0 Å². The maximum atomic E-state index is 11.6. The maximum absolute atomic E-state index is 11.6. The number of hydrogen-bond acceptors (Lipinski definition) is 4. The number of nitrogens with two attached hydrogens (primary N) is 2. The van der Waals surface area contributed by atoms with Crippen molar-refractivity contribution in [2.75, 3.05) is 13.2 Å². The zero-order valence-electron chi connectivity index (χ0n) is 9.98. The monoisotopic (exact) mass is 243 g/mol. The molecule has 0 heterocycles. The van der Waals surface area contributed by atoms with Crippen LogP contribution in [0.2, 0.25) is 0 Å². The van der Waals surface area contributed by atoms with Crippen molar-refractivity contribution >= 4 is 12.0 Å². The van der Waals surface area contributed by atoms with Crippen LogP contribution in [0.3, 0.4) is 0 Å². The molecule has 2 unspecified atom stereocenters. The van der Waals surface area contributed by atoms with Gasteiger partial charge in [0.1, 0.15) is 6.61 Å². The van der Waals surface area contributed by atoms with E-state index in [4.69, 9.17) is 11.5 Å². The summed E-state index contributed by atoms with van der Waals surface area (Å²) in [5, 5.41) is 2.68. The van der Waals surface area contributed by atoms with Crippen molar-refractivity contribution in [1.82, 2.24) is 5.32 Å². The molecule has 1 aliphatic rings. The van der Waals surface area contributed by atoms with Crippen molar-refractivity contribution in [2.45, 2.75) is 38.1 Å². The zero-order chi connectivity index (χ0) is 12.7. The van der Waals surface area contributed by atoms with Crippen molar-refractivity contribution in [1.29, 1.82) is 0 Å². The second-order valence-corrected chi connectivity index (χ2v) is 4.43. The van der Waals surface area contributed by atoms with Crippen molar-refractivity contribution in [3.05, 3.63) is 0 Å². The molecular weight excluding hydrogens is 222 g/mol. The molecule has 0 aliphatic heterocycles. The van der Waals surface area contributed by atoms with Crippen LogP contribution in [0, 0.1) is 5.92 Å². The first kappa shape index (κ1) is 13.8. The molecule has 0 radical (unpaired) electrons. The number of amides is 2. The highest BCUT2D eigenvalue weighted by atomic mass is 16.5. The summed E-state index contributed by atoms with van der Waals surface area (Å²) in [5.74, 6) is 0.237. The van der Waals surface area contributed by atoms with Crippen LogP contribution in [0.25, 0.3) is 0 Å². The molecule has 0 bridgehead atoms. The van der Waals surface area contributed by atoms with Gasteiger partial charge >= 0.3 is 6.09 Å². The van der Waals surface area contributed by atoms with Crippen molar-refractivity contribution in [3.63, 3.8) is 0 Å². The SMILES string of the molecule is NC(=O)OCCNC(=O)CC1CCCCC1N. The highest BCUT2D eigenvalue weighted by Crippen LogP contribution is 2.25. The molecule has 6 heteroatoms. The quantitative estimate of drug-likeness (QED) is 0.595. The molecule has 6 nitrogen and oxygen atoms in total. The second kappa shape index (κ2) is 7.11. The maximum Gasteiger partial charge on any atom is 0.404 e. The minimum atomic E-state index is -0.825. The van der Waals surface area contributed by atoms with Gasteiger partial charge in [0.25, 0.3) is 0 Å². The average Bonchev–Trinajstić information content (AvgIpc) is 2.27. The first-order valence-corrected chi connectivity index (χ1v) is 6.04. The number of rotatable bonds is 5. The average molecular weight is 243 g/mol. The van der Waals surface area contributed by atoms with Crippen LogP contribution in [0.5, 0.6) is 0 Å². The molecule has 5 N–H and O–H groups in total. The Balaban J connectivity index is 2.13. The van der Waals surface area contributed by atoms with E-state index in [9.17, 15) is 9.59 Å². The predicted octanol–water partition coefficient (Wildman–Crippen LogP) is 0.106. The number of primary amides is 1. The second-order valence-electron chi connectivity index (χ2n) is 4.43. The van der Waals surface area contributed by atoms with Gasteiger partial charge in [-0.15, -0.1) is 0 Å². The van der Waals surface area contributed by atoms with Gasteiger partial charge in [-0.1, -0.05) is 12.8 Å². The fourth-order valence-electron chi connectivity index (χ4n) is 2.14. The van der Waals surface area contributed by atoms with Crippen molar-refractivity contribution < 1.29 is 14.3 Å². The molecule has 98 valence electrons. The van der Waals surface area contributed by atoms with Crippen molar-refractivity contribution in [2.24, 2.45) is 17.4 Å². The summed E-state index contributed by atoms with van der Waals surface area (Å²) in [7, 11) is 0. The summed E-state index contributed by atoms with van der Waals surface area (Å²) in [6.45, 7) is 0.404. The summed E-state index contributed by atoms with van der Waals surface area (Å²) in [6.07, 6.45) is 3.96. The summed E-state index contributed by atoms with van der Waals surface area (Å²) in [4.78, 5) is 21.8. The Bertz CT molecular complexity index is 271. The number of hydrogen-bond donors (Lipinski definition) is 3. The van der Waals surface area contributed by atoms with Gasteiger partial charge in [0.05, 0.1) is 6.54 Å². The van der Waals surface area contributed by atoms with Crippen LogP contribution in [0.4, 0.5) is 4.79 Å². The lowest BCUT2D eigenvalue weighted by Crippen LogP contribution is -2.38. The molecule has 0 spiro atoms. The van der Waals surface area contributed by atoms with Crippen LogP contribution >= 0.6 is 0 Å². The molecule has 1 aliphatic carbocycles. The summed E-state index contributed by atoms with van der Waals surface area (Å²) < 4.78 is 4.50. The molecule has 1 saturated carbocycles. The summed E-state index contributed by atoms with van der Waals surface area (Å²) in [5.41, 5.74) is 10.7. The third-order valence-electron chi connectivity index (χ3n) is 3.08. The van der Waals surface area contributed by atoms with E-state index in [1.54, 1.807) is 0 Å². The fourth-order valence-corrected chi connectivity index (χ4v) is 2.14. The van der Waals surface area contributed by atoms with Gasteiger partial charge in [-0.25, -0.2) is 4.79 Å². The minimum absolute atomic E-state index is 0.0413. The van der Waals surface area contributed by atoms with E-state index in [1.165, 1.54) is 0 Å². The number of nitrogens with one attached hydrogen (secondary N) is 1. The zero-order valence-corrected chi connectivity index (χ0v) is 9.98. The Labute approximate surface area is 101 Å². The molecule has 0 saturated heterocycles. The van der Waals surface area contributed by atoms with E-state index in [-0.39, 0.29) is 24.5 Å². The van der Waals surface area contributed by atoms with Gasteiger partial charge in [0.15, 0.2) is 0 Å². The van der Waals surface area contributed by atoms with E-state index in [0.717, 1.165) is 25.7 Å². The normalized spacial score (nSPS) is 24.1. The van der Waals surface area contributed by atoms with Gasteiger partial charge in [0.2, 0.25) is 5.91 Å². The predicted molar refractivity (Wildman–Crippen MR) is 63.1 cm³/mol. The first-order valence-electron chi connectivity index (χ1n) is 6.04. The molecule has 2 amide bonds. The third-order valence-corrected chi connectivity index (χ3v) is 3.08. The smallest absolute Gasteiger partial charge is 0.404 e. The highest BCUT2D eigenvalue weighted by Gasteiger charge is 2.23. The van der Waals surface area contributed by atoms with Gasteiger partial charge in [-0.3, -0.25) is 4.79 Å². The number of carbonyl (C=O) groups is 2. The molecule has 0 aromatic carbocycles. The molecule has 17 heavy (non-hydrogen) atoms. The Morgan fingerprint density at radius 3 is 2.65 bits per heavy atom. The topological polar surface area (TPSA) is 107 Å². The van der Waals surface area contributed by atoms with Crippen LogP contribution in [0.15, 0.2) is 0 Å². The lowest BCUT2D eigenvalue weighted by atomic mass is 9.83. The molecule has 1 fully saturated rings. The molecular formula is C11H21N3O3. The highest BCUT2D eigenvalue weighted by molar-refractivity contribution is 5.76. The van der Waals surface area contributed by atoms with E-state index in [2.05, 4.69) is 10.1 Å². The first-order chi connectivity index (χ1) is 8.09. The summed E-state index contributed by atoms with van der Waals surface area (Å²) in [6, 6.07) is 0.136. The lowest BCUT2D eigenvalue weighted by molar-refractivity contribution is -0.122. The number of ether oxygens (including phenoxy) is 1. The van der Waals surface area contributed by atoms with Crippen LogP contribution < -0.4 is 16.8 Å². The minimum Gasteiger partial charge on any atom is -0.448 e. The van der Waals surface area contributed by atoms with E-state index in [1.807, 2.05) is 0 Å². The standard InChI is InChI=1S/C11H21N3O3/c12-9-4-2-1-3-8(9)7-10(15)14-5-6-17-11(13)16/h8-9H,1-7,12H2,(H2,13,16)(H,14,15). The molecule has 1 rings (SSSR count). The Morgan fingerprint density at radius 1 is 1.29 bits per heavy atom. The molecule has 0 aromatic heterocycles. The van der Waals surface area contributed by atoms with E-state index < -0.39 is 6.09 Å². The van der Waals surface area contributed by atoms with Crippen LogP contribution in [0.1, 0.15) is 32.1 Å². The Morgan fingerprint density at radius 2 is 2.00 bits per heavy atom. The number of carbonyl (C=O) groups excluding carboxylic acids is 2. The largest absolute Gasteiger partial charge is 0.448 e. The van der Waals surface area contributed by atoms with Gasteiger partial charge in [0, 0.05) is 12.5 Å². The van der Waals surface area contributed by atoms with Gasteiger partial charge < -0.3 is 21.5 Å². The fraction of sp³-hybridized carbons (Fsp3) is 0.818. The lowest BCUT2D eigenvalue weighted by Gasteiger charge is -2.27. The van der Waals surface area contributed by atoms with E-state index in [0.29, 0.717) is 13.0 Å². The Hall–Kier alpha value is -1.30. The van der Waals surface area contributed by atoms with Gasteiger partial charge in [-0.05, 0) is 18.8 Å². The molecule has 2 atom stereocenters. The third kappa shape index (κ3) is 5.53. The van der Waals surface area contributed by atoms with Crippen LogP contribution in [-0.4, -0.2) is 31.2 Å². The molecule has 0 aromatic rings. The van der Waals surface area contributed by atoms with Gasteiger partial charge in [-0.2, -0.15) is 0 Å². The van der Waals surface area contributed by atoms with Crippen LogP contribution in [-0.2, 0) is 9.53 Å².